The second-order valence-corrected chi connectivity index (χ2v) is 13.6. The third-order valence-electron chi connectivity index (χ3n) is 8.68. The lowest BCUT2D eigenvalue weighted by Crippen LogP contribution is -2.34. The van der Waals surface area contributed by atoms with Gasteiger partial charge in [0.25, 0.3) is 11.8 Å². The molecule has 2 heterocycles. The monoisotopic (exact) mass is 700 g/mol. The smallest absolute Gasteiger partial charge is 0.259 e. The molecule has 0 bridgehead atoms. The molecule has 4 rings (SSSR count). The molecule has 2 aromatic rings. The van der Waals surface area contributed by atoms with Gasteiger partial charge in [-0.15, -0.1) is 0 Å². The number of fused-ring (bicyclic) bond motifs is 2. The number of halogens is 2. The van der Waals surface area contributed by atoms with Crippen LogP contribution in [0.2, 0.25) is 0 Å². The van der Waals surface area contributed by atoms with Crippen molar-refractivity contribution in [3.63, 3.8) is 0 Å². The van der Waals surface area contributed by atoms with Crippen LogP contribution in [0, 0.1) is 11.8 Å². The number of anilines is 2. The van der Waals surface area contributed by atoms with Gasteiger partial charge in [0.15, 0.2) is 0 Å². The highest BCUT2D eigenvalue weighted by molar-refractivity contribution is 9.10. The van der Waals surface area contributed by atoms with Gasteiger partial charge in [-0.2, -0.15) is 0 Å². The van der Waals surface area contributed by atoms with Crippen molar-refractivity contribution in [2.24, 2.45) is 11.8 Å². The van der Waals surface area contributed by atoms with E-state index in [-0.39, 0.29) is 11.8 Å². The summed E-state index contributed by atoms with van der Waals surface area (Å²) in [7, 11) is 0. The third-order valence-corrected chi connectivity index (χ3v) is 9.66. The summed E-state index contributed by atoms with van der Waals surface area (Å²) in [6, 6.07) is 12.0. The Bertz CT molecular complexity index is 1160. The summed E-state index contributed by atoms with van der Waals surface area (Å²) in [6.45, 7) is 14.5. The molecular formula is C36H50Br2N2O2. The van der Waals surface area contributed by atoms with Crippen LogP contribution in [0.3, 0.4) is 0 Å². The summed E-state index contributed by atoms with van der Waals surface area (Å²) in [4.78, 5) is 32.3. The number of unbranched alkanes of at least 4 members (excludes halogenated alkanes) is 3. The Morgan fingerprint density at radius 2 is 0.976 bits per heavy atom. The topological polar surface area (TPSA) is 40.6 Å². The van der Waals surface area contributed by atoms with Crippen molar-refractivity contribution < 1.29 is 9.59 Å². The molecule has 2 amide bonds. The highest BCUT2D eigenvalue weighted by Crippen LogP contribution is 2.48. The zero-order chi connectivity index (χ0) is 30.8. The van der Waals surface area contributed by atoms with E-state index in [1.165, 1.54) is 12.8 Å². The van der Waals surface area contributed by atoms with Gasteiger partial charge in [0.05, 0.1) is 22.5 Å². The molecule has 230 valence electrons. The molecule has 0 spiro atoms. The van der Waals surface area contributed by atoms with E-state index in [0.29, 0.717) is 36.1 Å². The van der Waals surface area contributed by atoms with Gasteiger partial charge in [0.1, 0.15) is 0 Å². The molecule has 2 unspecified atom stereocenters. The average Bonchev–Trinajstić information content (AvgIpc) is 3.40. The third kappa shape index (κ3) is 7.96. The van der Waals surface area contributed by atoms with Crippen molar-refractivity contribution in [3.05, 3.63) is 56.5 Å². The molecular weight excluding hydrogens is 652 g/mol. The molecule has 2 atom stereocenters. The summed E-state index contributed by atoms with van der Waals surface area (Å²) in [6.07, 6.45) is 11.5. The first-order chi connectivity index (χ1) is 20.3. The molecule has 2 aromatic carbocycles. The first-order valence-corrected chi connectivity index (χ1v) is 17.8. The Balaban J connectivity index is 0.00000114. The maximum atomic E-state index is 14.2. The SMILES string of the molecule is CCCC.CCCCC(CC)CN1C(=O)/C(=C2/C(=O)N(CC(CC)CCCC)c3cc(Br)ccc32)c2ccc(Br)cc21. The number of amides is 2. The summed E-state index contributed by atoms with van der Waals surface area (Å²) in [5, 5.41) is 0. The van der Waals surface area contributed by atoms with Crippen LogP contribution < -0.4 is 9.80 Å². The van der Waals surface area contributed by atoms with Crippen LogP contribution >= 0.6 is 31.9 Å². The Labute approximate surface area is 271 Å². The number of benzene rings is 2. The molecule has 4 nitrogen and oxygen atoms in total. The van der Waals surface area contributed by atoms with Crippen LogP contribution in [0.5, 0.6) is 0 Å². The fourth-order valence-electron chi connectivity index (χ4n) is 5.79. The van der Waals surface area contributed by atoms with E-state index in [2.05, 4.69) is 73.4 Å². The van der Waals surface area contributed by atoms with Gasteiger partial charge in [-0.25, -0.2) is 0 Å². The zero-order valence-electron chi connectivity index (χ0n) is 26.6. The van der Waals surface area contributed by atoms with Crippen molar-refractivity contribution >= 4 is 66.2 Å². The summed E-state index contributed by atoms with van der Waals surface area (Å²) in [5.74, 6) is 0.756. The highest BCUT2D eigenvalue weighted by Gasteiger charge is 2.42. The van der Waals surface area contributed by atoms with Crippen LogP contribution in [0.25, 0.3) is 11.1 Å². The van der Waals surface area contributed by atoms with E-state index >= 15 is 0 Å². The predicted octanol–water partition coefficient (Wildman–Crippen LogP) is 11.1. The molecule has 0 aliphatic carbocycles. The molecule has 0 saturated heterocycles. The van der Waals surface area contributed by atoms with Gasteiger partial charge in [-0.3, -0.25) is 9.59 Å². The van der Waals surface area contributed by atoms with Crippen molar-refractivity contribution in [2.75, 3.05) is 22.9 Å². The fourth-order valence-corrected chi connectivity index (χ4v) is 6.49. The predicted molar refractivity (Wildman–Crippen MR) is 187 cm³/mol. The molecule has 0 fully saturated rings. The van der Waals surface area contributed by atoms with Gasteiger partial charge in [-0.05, 0) is 48.9 Å². The minimum Gasteiger partial charge on any atom is -0.307 e. The quantitative estimate of drug-likeness (QED) is 0.195. The molecule has 0 N–H and O–H groups in total. The van der Waals surface area contributed by atoms with Crippen molar-refractivity contribution in [3.8, 4) is 0 Å². The largest absolute Gasteiger partial charge is 0.307 e. The van der Waals surface area contributed by atoms with E-state index in [1.807, 2.05) is 46.2 Å². The van der Waals surface area contributed by atoms with Crippen molar-refractivity contribution in [1.82, 2.24) is 0 Å². The first-order valence-electron chi connectivity index (χ1n) is 16.2. The number of hydrogen-bond donors (Lipinski definition) is 0. The van der Waals surface area contributed by atoms with Gasteiger partial charge in [0, 0.05) is 33.2 Å². The Morgan fingerprint density at radius 1 is 0.595 bits per heavy atom. The van der Waals surface area contributed by atoms with Crippen LogP contribution in [0.4, 0.5) is 11.4 Å². The lowest BCUT2D eigenvalue weighted by Gasteiger charge is -2.24. The molecule has 0 radical (unpaired) electrons. The molecule has 2 aliphatic rings. The fraction of sp³-hybridized carbons (Fsp3) is 0.556. The lowest BCUT2D eigenvalue weighted by molar-refractivity contribution is -0.114. The minimum atomic E-state index is -0.0508. The van der Waals surface area contributed by atoms with E-state index in [4.69, 9.17) is 0 Å². The first kappa shape index (κ1) is 34.6. The number of carbonyl (C=O) groups is 2. The van der Waals surface area contributed by atoms with Crippen molar-refractivity contribution in [2.45, 2.75) is 106 Å². The van der Waals surface area contributed by atoms with Crippen LogP contribution in [0.1, 0.15) is 117 Å². The molecule has 0 saturated carbocycles. The van der Waals surface area contributed by atoms with E-state index in [0.717, 1.165) is 82.8 Å². The zero-order valence-corrected chi connectivity index (χ0v) is 29.7. The van der Waals surface area contributed by atoms with Crippen LogP contribution in [0.15, 0.2) is 45.3 Å². The van der Waals surface area contributed by atoms with E-state index in [9.17, 15) is 9.59 Å². The highest BCUT2D eigenvalue weighted by atomic mass is 79.9. The standard InChI is InChI=1S/C32H40Br2N2O2.C4H10/c1-5-9-11-21(7-3)19-35-27-17-23(33)13-15-25(27)29(31(35)37)30-26-16-14-24(34)18-28(26)36(32(30)38)20-22(8-4)12-10-6-2;1-3-4-2/h13-18,21-22H,5-12,19-20H2,1-4H3;3-4H2,1-2H3/b30-29+;. The van der Waals surface area contributed by atoms with Crippen molar-refractivity contribution in [1.29, 1.82) is 0 Å². The van der Waals surface area contributed by atoms with E-state index in [1.54, 1.807) is 0 Å². The van der Waals surface area contributed by atoms with Crippen LogP contribution in [-0.4, -0.2) is 24.9 Å². The van der Waals surface area contributed by atoms with E-state index < -0.39 is 0 Å². The number of nitrogens with zero attached hydrogens (tertiary/aromatic N) is 2. The number of hydrogen-bond acceptors (Lipinski definition) is 2. The maximum Gasteiger partial charge on any atom is 0.259 e. The summed E-state index contributed by atoms with van der Waals surface area (Å²) >= 11 is 7.23. The molecule has 42 heavy (non-hydrogen) atoms. The Kier molecular flexibility index (Phi) is 13.8. The summed E-state index contributed by atoms with van der Waals surface area (Å²) in [5.41, 5.74) is 4.63. The lowest BCUT2D eigenvalue weighted by atomic mass is 9.96. The second kappa shape index (κ2) is 16.8. The normalized spacial score (nSPS) is 17.2. The maximum absolute atomic E-state index is 14.2. The summed E-state index contributed by atoms with van der Waals surface area (Å²) < 4.78 is 1.87. The van der Waals surface area contributed by atoms with Gasteiger partial charge in [-0.1, -0.05) is 137 Å². The number of carbonyl (C=O) groups excluding carboxylic acids is 2. The van der Waals surface area contributed by atoms with Gasteiger partial charge in [0.2, 0.25) is 0 Å². The number of rotatable bonds is 13. The Morgan fingerprint density at radius 3 is 1.29 bits per heavy atom. The van der Waals surface area contributed by atoms with Gasteiger partial charge < -0.3 is 9.80 Å². The average molecular weight is 703 g/mol. The Hall–Kier alpha value is -1.92. The molecule has 6 heteroatoms. The van der Waals surface area contributed by atoms with Gasteiger partial charge >= 0.3 is 0 Å². The molecule has 0 aromatic heterocycles. The minimum absolute atomic E-state index is 0.0508. The second-order valence-electron chi connectivity index (χ2n) is 11.7. The van der Waals surface area contributed by atoms with Crippen LogP contribution in [-0.2, 0) is 9.59 Å². The molecule has 2 aliphatic heterocycles.